The highest BCUT2D eigenvalue weighted by Gasteiger charge is 2.41. The van der Waals surface area contributed by atoms with E-state index in [1.165, 1.54) is 0 Å². The topological polar surface area (TPSA) is 35.2 Å². The highest BCUT2D eigenvalue weighted by molar-refractivity contribution is 7.16. The minimum Gasteiger partial charge on any atom is -0.375 e. The second-order valence-corrected chi connectivity index (χ2v) is 6.40. The van der Waals surface area contributed by atoms with Crippen molar-refractivity contribution in [2.75, 3.05) is 0 Å². The Kier molecular flexibility index (Phi) is 3.59. The van der Waals surface area contributed by atoms with Crippen molar-refractivity contribution in [2.45, 2.75) is 39.0 Å². The van der Waals surface area contributed by atoms with Crippen LogP contribution in [0.15, 0.2) is 12.1 Å². The monoisotopic (exact) mass is 259 g/mol. The van der Waals surface area contributed by atoms with E-state index in [1.54, 1.807) is 11.3 Å². The van der Waals surface area contributed by atoms with Crippen LogP contribution in [0.25, 0.3) is 0 Å². The molecule has 2 rings (SSSR count). The van der Waals surface area contributed by atoms with Crippen LogP contribution in [0.2, 0.25) is 4.34 Å². The average molecular weight is 260 g/mol. The van der Waals surface area contributed by atoms with Gasteiger partial charge in [-0.15, -0.1) is 11.3 Å². The Bertz CT molecular complexity index is 368. The summed E-state index contributed by atoms with van der Waals surface area (Å²) in [6.45, 7) is 6.45. The number of rotatable bonds is 2. The molecule has 2 heterocycles. The zero-order chi connectivity index (χ0) is 11.9. The molecule has 0 spiro atoms. The lowest BCUT2D eigenvalue weighted by Crippen LogP contribution is -2.30. The smallest absolute Gasteiger partial charge is 0.0931 e. The maximum Gasteiger partial charge on any atom is 0.0931 e. The van der Waals surface area contributed by atoms with Crippen molar-refractivity contribution in [3.63, 3.8) is 0 Å². The summed E-state index contributed by atoms with van der Waals surface area (Å²) in [4.78, 5) is 1.16. The maximum absolute atomic E-state index is 6.33. The molecule has 0 saturated carbocycles. The molecule has 90 valence electrons. The van der Waals surface area contributed by atoms with E-state index in [0.717, 1.165) is 9.21 Å². The molecule has 16 heavy (non-hydrogen) atoms. The molecule has 0 aromatic carbocycles. The Hall–Kier alpha value is -0.0900. The predicted octanol–water partition coefficient (Wildman–Crippen LogP) is 3.46. The van der Waals surface area contributed by atoms with Crippen LogP contribution in [0.3, 0.4) is 0 Å². The first-order valence-corrected chi connectivity index (χ1v) is 6.86. The van der Waals surface area contributed by atoms with Gasteiger partial charge in [-0.1, -0.05) is 18.5 Å². The van der Waals surface area contributed by atoms with Gasteiger partial charge in [-0.2, -0.15) is 0 Å². The Labute approximate surface area is 106 Å². The van der Waals surface area contributed by atoms with Gasteiger partial charge in [0.25, 0.3) is 0 Å². The van der Waals surface area contributed by atoms with Gasteiger partial charge in [0.05, 0.1) is 16.5 Å². The van der Waals surface area contributed by atoms with Crippen molar-refractivity contribution in [2.24, 2.45) is 17.6 Å². The number of nitrogens with two attached hydrogens (primary N) is 1. The summed E-state index contributed by atoms with van der Waals surface area (Å²) in [6.07, 6.45) is 0.516. The summed E-state index contributed by atoms with van der Waals surface area (Å²) in [5.74, 6) is 0.871. The van der Waals surface area contributed by atoms with E-state index >= 15 is 0 Å². The summed E-state index contributed by atoms with van der Waals surface area (Å²) in [5, 5.41) is 0. The third-order valence-electron chi connectivity index (χ3n) is 3.66. The van der Waals surface area contributed by atoms with E-state index in [2.05, 4.69) is 20.8 Å². The lowest BCUT2D eigenvalue weighted by Gasteiger charge is -2.24. The van der Waals surface area contributed by atoms with E-state index in [0.29, 0.717) is 17.9 Å². The lowest BCUT2D eigenvalue weighted by atomic mass is 9.83. The number of halogens is 1. The molecular weight excluding hydrogens is 242 g/mol. The van der Waals surface area contributed by atoms with E-state index < -0.39 is 0 Å². The van der Waals surface area contributed by atoms with Crippen molar-refractivity contribution < 1.29 is 4.74 Å². The van der Waals surface area contributed by atoms with Crippen LogP contribution in [0.5, 0.6) is 0 Å². The van der Waals surface area contributed by atoms with Gasteiger partial charge in [-0.05, 0) is 31.9 Å². The normalized spacial score (nSPS) is 36.6. The molecule has 4 heteroatoms. The van der Waals surface area contributed by atoms with Crippen LogP contribution in [0.4, 0.5) is 0 Å². The fraction of sp³-hybridized carbons (Fsp3) is 0.667. The van der Waals surface area contributed by atoms with Crippen LogP contribution >= 0.6 is 22.9 Å². The third-order valence-corrected chi connectivity index (χ3v) is 4.99. The fourth-order valence-electron chi connectivity index (χ4n) is 2.61. The molecule has 1 aromatic heterocycles. The van der Waals surface area contributed by atoms with Crippen molar-refractivity contribution in [3.8, 4) is 0 Å². The molecule has 2 N–H and O–H groups in total. The largest absolute Gasteiger partial charge is 0.375 e. The van der Waals surface area contributed by atoms with Crippen LogP contribution < -0.4 is 5.73 Å². The second kappa shape index (κ2) is 4.65. The molecule has 0 radical (unpaired) electrons. The summed E-state index contributed by atoms with van der Waals surface area (Å²) in [6, 6.07) is 3.98. The van der Waals surface area contributed by atoms with Crippen LogP contribution in [-0.4, -0.2) is 12.2 Å². The highest BCUT2D eigenvalue weighted by Crippen LogP contribution is 2.41. The van der Waals surface area contributed by atoms with E-state index in [1.807, 2.05) is 12.1 Å². The Balaban J connectivity index is 2.18. The number of hydrogen-bond acceptors (Lipinski definition) is 3. The molecule has 1 aliphatic rings. The predicted molar refractivity (Wildman–Crippen MR) is 68.9 cm³/mol. The summed E-state index contributed by atoms with van der Waals surface area (Å²) < 4.78 is 6.63. The molecule has 0 bridgehead atoms. The van der Waals surface area contributed by atoms with E-state index in [9.17, 15) is 0 Å². The van der Waals surface area contributed by atoms with Gasteiger partial charge in [0.1, 0.15) is 0 Å². The van der Waals surface area contributed by atoms with Gasteiger partial charge in [-0.25, -0.2) is 0 Å². The first-order chi connectivity index (χ1) is 7.50. The summed E-state index contributed by atoms with van der Waals surface area (Å²) >= 11 is 7.52. The van der Waals surface area contributed by atoms with Crippen molar-refractivity contribution >= 4 is 22.9 Å². The first kappa shape index (κ1) is 12.4. The average Bonchev–Trinajstić information content (AvgIpc) is 2.73. The molecule has 1 fully saturated rings. The molecule has 0 aliphatic carbocycles. The minimum atomic E-state index is 0.0347. The second-order valence-electron chi connectivity index (χ2n) is 4.65. The molecular formula is C12H18ClNOS. The van der Waals surface area contributed by atoms with E-state index in [4.69, 9.17) is 22.1 Å². The molecule has 1 saturated heterocycles. The van der Waals surface area contributed by atoms with Crippen LogP contribution in [0, 0.1) is 11.8 Å². The van der Waals surface area contributed by atoms with Gasteiger partial charge in [-0.3, -0.25) is 0 Å². The summed E-state index contributed by atoms with van der Waals surface area (Å²) in [7, 11) is 0. The van der Waals surface area contributed by atoms with Gasteiger partial charge in [0.15, 0.2) is 0 Å². The molecule has 2 nitrogen and oxygen atoms in total. The number of thiophene rings is 1. The zero-order valence-corrected chi connectivity index (χ0v) is 11.4. The van der Waals surface area contributed by atoms with E-state index in [-0.39, 0.29) is 12.1 Å². The van der Waals surface area contributed by atoms with Crippen LogP contribution in [-0.2, 0) is 4.74 Å². The third kappa shape index (κ3) is 2.14. The van der Waals surface area contributed by atoms with Gasteiger partial charge < -0.3 is 10.5 Å². The minimum absolute atomic E-state index is 0.0347. The number of hydrogen-bond donors (Lipinski definition) is 1. The molecule has 5 unspecified atom stereocenters. The van der Waals surface area contributed by atoms with Gasteiger partial charge in [0.2, 0.25) is 0 Å². The molecule has 0 amide bonds. The van der Waals surface area contributed by atoms with Crippen molar-refractivity contribution in [1.82, 2.24) is 0 Å². The highest BCUT2D eigenvalue weighted by atomic mass is 35.5. The van der Waals surface area contributed by atoms with Crippen molar-refractivity contribution in [1.29, 1.82) is 0 Å². The fourth-order valence-corrected chi connectivity index (χ4v) is 3.73. The quantitative estimate of drug-likeness (QED) is 0.883. The first-order valence-electron chi connectivity index (χ1n) is 5.67. The molecule has 1 aliphatic heterocycles. The Morgan fingerprint density at radius 2 is 2.00 bits per heavy atom. The Morgan fingerprint density at radius 1 is 1.31 bits per heavy atom. The SMILES string of the molecule is CC1OC(C)C(C(N)c2ccc(Cl)s2)C1C. The molecule has 5 atom stereocenters. The number of ether oxygens (including phenoxy) is 1. The van der Waals surface area contributed by atoms with Crippen LogP contribution in [0.1, 0.15) is 31.7 Å². The van der Waals surface area contributed by atoms with Gasteiger partial charge in [0, 0.05) is 16.8 Å². The van der Waals surface area contributed by atoms with Gasteiger partial charge >= 0.3 is 0 Å². The zero-order valence-electron chi connectivity index (χ0n) is 9.81. The standard InChI is InChI=1S/C12H18ClNOS/c1-6-7(2)15-8(3)11(6)12(14)9-4-5-10(13)16-9/h4-8,11-12H,14H2,1-3H3. The maximum atomic E-state index is 6.33. The molecule has 1 aromatic rings. The Morgan fingerprint density at radius 3 is 2.44 bits per heavy atom. The lowest BCUT2D eigenvalue weighted by molar-refractivity contribution is 0.0490. The van der Waals surface area contributed by atoms with Crippen molar-refractivity contribution in [3.05, 3.63) is 21.3 Å². The summed E-state index contributed by atoms with van der Waals surface area (Å²) in [5.41, 5.74) is 6.33.